The third-order valence-electron chi connectivity index (χ3n) is 3.88. The molecule has 0 unspecified atom stereocenters. The van der Waals surface area contributed by atoms with Crippen LogP contribution in [0.15, 0.2) is 23.0 Å². The predicted octanol–water partition coefficient (Wildman–Crippen LogP) is 0.219. The first-order valence-corrected chi connectivity index (χ1v) is 8.49. The van der Waals surface area contributed by atoms with Crippen LogP contribution in [-0.4, -0.2) is 34.2 Å². The van der Waals surface area contributed by atoms with Crippen LogP contribution in [0.2, 0.25) is 10.0 Å². The van der Waals surface area contributed by atoms with Gasteiger partial charge in [0.1, 0.15) is 0 Å². The van der Waals surface area contributed by atoms with E-state index in [1.54, 1.807) is 10.6 Å². The molecule has 0 fully saturated rings. The number of nitrogens with two attached hydrogens (primary N) is 1. The monoisotopic (exact) mass is 367 g/mol. The summed E-state index contributed by atoms with van der Waals surface area (Å²) in [4.78, 5) is 15.2. The number of benzene rings is 1. The average Bonchev–Trinajstić information content (AvgIpc) is 2.87. The van der Waals surface area contributed by atoms with E-state index in [4.69, 9.17) is 28.9 Å². The van der Waals surface area contributed by atoms with Gasteiger partial charge in [-0.3, -0.25) is 4.57 Å². The summed E-state index contributed by atoms with van der Waals surface area (Å²) in [6.07, 6.45) is 4.78. The summed E-state index contributed by atoms with van der Waals surface area (Å²) in [5.41, 5.74) is 9.41. The fraction of sp³-hybridized carbons (Fsp3) is 0.312. The number of H-pyrrole nitrogens is 1. The minimum absolute atomic E-state index is 0.174. The molecule has 6 nitrogen and oxygen atoms in total. The van der Waals surface area contributed by atoms with Gasteiger partial charge in [-0.15, -0.1) is 0 Å². The topological polar surface area (TPSA) is 79.1 Å². The molecule has 24 heavy (non-hydrogen) atoms. The third-order valence-corrected chi connectivity index (χ3v) is 4.74. The van der Waals surface area contributed by atoms with Crippen molar-refractivity contribution in [1.82, 2.24) is 20.0 Å². The van der Waals surface area contributed by atoms with E-state index in [1.165, 1.54) is 0 Å². The highest BCUT2D eigenvalue weighted by atomic mass is 35.5. The Labute approximate surface area is 149 Å². The Kier molecular flexibility index (Phi) is 5.30. The number of aromatic amines is 1. The summed E-state index contributed by atoms with van der Waals surface area (Å²) < 4.78 is 1.65. The summed E-state index contributed by atoms with van der Waals surface area (Å²) in [6, 6.07) is 5.42. The number of hydrogen-bond donors (Lipinski definition) is 3. The minimum atomic E-state index is -0.174. The molecule has 2 heterocycles. The van der Waals surface area contributed by atoms with Crippen molar-refractivity contribution >= 4 is 35.5 Å². The molecule has 0 atom stereocenters. The molecule has 2 aromatic rings. The fourth-order valence-corrected chi connectivity index (χ4v) is 3.00. The van der Waals surface area contributed by atoms with Crippen LogP contribution in [0.25, 0.3) is 12.3 Å². The van der Waals surface area contributed by atoms with Gasteiger partial charge in [-0.1, -0.05) is 35.3 Å². The molecular weight excluding hydrogens is 349 g/mol. The molecule has 0 spiro atoms. The van der Waals surface area contributed by atoms with E-state index in [-0.39, 0.29) is 5.69 Å². The van der Waals surface area contributed by atoms with Crippen molar-refractivity contribution < 1.29 is 0 Å². The Bertz CT molecular complexity index is 902. The lowest BCUT2D eigenvalue weighted by Crippen LogP contribution is -2.45. The average molecular weight is 368 g/mol. The second-order valence-corrected chi connectivity index (χ2v) is 6.35. The quantitative estimate of drug-likeness (QED) is 0.638. The van der Waals surface area contributed by atoms with Crippen LogP contribution in [0.4, 0.5) is 0 Å². The number of nitrogens with one attached hydrogen (secondary N) is 2. The molecular formula is C16H19Cl2N5O. The van der Waals surface area contributed by atoms with E-state index in [9.17, 15) is 4.79 Å². The van der Waals surface area contributed by atoms with Crippen molar-refractivity contribution in [3.8, 4) is 0 Å². The third kappa shape index (κ3) is 3.52. The molecule has 0 amide bonds. The molecule has 0 aliphatic carbocycles. The lowest BCUT2D eigenvalue weighted by Gasteiger charge is -2.21. The number of rotatable bonds is 6. The largest absolute Gasteiger partial charge is 0.330 e. The zero-order valence-electron chi connectivity index (χ0n) is 13.1. The maximum absolute atomic E-state index is 12.3. The SMILES string of the molecule is NCCCNN1C=c2c([nH]c(=O)n2Cc2cccc(Cl)c2Cl)=CC1. The summed E-state index contributed by atoms with van der Waals surface area (Å²) in [7, 11) is 0. The molecule has 0 bridgehead atoms. The van der Waals surface area contributed by atoms with Crippen molar-refractivity contribution in [3.05, 3.63) is 55.0 Å². The van der Waals surface area contributed by atoms with Crippen LogP contribution in [0.1, 0.15) is 12.0 Å². The van der Waals surface area contributed by atoms with Crippen LogP contribution in [0, 0.1) is 0 Å². The van der Waals surface area contributed by atoms with Crippen molar-refractivity contribution in [2.24, 2.45) is 5.73 Å². The molecule has 1 aromatic carbocycles. The van der Waals surface area contributed by atoms with Crippen molar-refractivity contribution in [3.63, 3.8) is 0 Å². The second-order valence-electron chi connectivity index (χ2n) is 5.56. The predicted molar refractivity (Wildman–Crippen MR) is 97.2 cm³/mol. The first-order chi connectivity index (χ1) is 11.6. The van der Waals surface area contributed by atoms with E-state index < -0.39 is 0 Å². The lowest BCUT2D eigenvalue weighted by molar-refractivity contribution is 0.330. The summed E-state index contributed by atoms with van der Waals surface area (Å²) >= 11 is 12.3. The van der Waals surface area contributed by atoms with Gasteiger partial charge in [0, 0.05) is 12.7 Å². The van der Waals surface area contributed by atoms with Crippen LogP contribution < -0.4 is 27.5 Å². The fourth-order valence-electron chi connectivity index (χ4n) is 2.62. The van der Waals surface area contributed by atoms with Gasteiger partial charge in [0.2, 0.25) is 0 Å². The number of hydrogen-bond acceptors (Lipinski definition) is 4. The molecule has 0 radical (unpaired) electrons. The van der Waals surface area contributed by atoms with Gasteiger partial charge in [-0.25, -0.2) is 10.2 Å². The Balaban J connectivity index is 1.94. The number of hydrazine groups is 1. The van der Waals surface area contributed by atoms with Crippen LogP contribution in [0.3, 0.4) is 0 Å². The van der Waals surface area contributed by atoms with Gasteiger partial charge < -0.3 is 15.7 Å². The van der Waals surface area contributed by atoms with Crippen molar-refractivity contribution in [1.29, 1.82) is 0 Å². The molecule has 1 aromatic heterocycles. The van der Waals surface area contributed by atoms with Crippen molar-refractivity contribution in [2.45, 2.75) is 13.0 Å². The van der Waals surface area contributed by atoms with Gasteiger partial charge in [0.05, 0.1) is 33.8 Å². The summed E-state index contributed by atoms with van der Waals surface area (Å²) in [5.74, 6) is 0. The van der Waals surface area contributed by atoms with Gasteiger partial charge in [-0.2, -0.15) is 0 Å². The number of halogens is 2. The second kappa shape index (κ2) is 7.44. The Morgan fingerprint density at radius 2 is 2.17 bits per heavy atom. The zero-order chi connectivity index (χ0) is 17.1. The number of fused-ring (bicyclic) bond motifs is 1. The smallest absolute Gasteiger partial charge is 0.326 e. The maximum atomic E-state index is 12.3. The molecule has 8 heteroatoms. The summed E-state index contributed by atoms with van der Waals surface area (Å²) in [6.45, 7) is 2.45. The van der Waals surface area contributed by atoms with Gasteiger partial charge in [0.25, 0.3) is 0 Å². The Hall–Kier alpha value is -1.73. The van der Waals surface area contributed by atoms with Crippen LogP contribution >= 0.6 is 23.2 Å². The number of nitrogens with zero attached hydrogens (tertiary/aromatic N) is 2. The first-order valence-electron chi connectivity index (χ1n) is 7.74. The van der Waals surface area contributed by atoms with E-state index in [1.807, 2.05) is 29.4 Å². The molecule has 1 aliphatic rings. The highest BCUT2D eigenvalue weighted by Crippen LogP contribution is 2.25. The summed E-state index contributed by atoms with van der Waals surface area (Å²) in [5, 5.41) is 4.52. The molecule has 0 saturated carbocycles. The van der Waals surface area contributed by atoms with E-state index >= 15 is 0 Å². The number of imidazole rings is 1. The van der Waals surface area contributed by atoms with E-state index in [0.29, 0.717) is 29.7 Å². The van der Waals surface area contributed by atoms with Crippen molar-refractivity contribution in [2.75, 3.05) is 19.6 Å². The van der Waals surface area contributed by atoms with E-state index in [2.05, 4.69) is 10.4 Å². The highest BCUT2D eigenvalue weighted by Gasteiger charge is 2.12. The first kappa shape index (κ1) is 17.1. The van der Waals surface area contributed by atoms with Gasteiger partial charge >= 0.3 is 5.69 Å². The molecule has 0 saturated heterocycles. The minimum Gasteiger partial charge on any atom is -0.330 e. The molecule has 3 rings (SSSR count). The normalized spacial score (nSPS) is 13.4. The zero-order valence-corrected chi connectivity index (χ0v) is 14.6. The standard InChI is InChI=1S/C16H19Cl2N5O/c17-12-4-1-3-11(15(12)18)9-23-14-10-22(20-7-2-6-19)8-5-13(14)21-16(23)24/h1,3-5,10,20H,2,6-9,19H2,(H,21,24). The van der Waals surface area contributed by atoms with Crippen LogP contribution in [-0.2, 0) is 6.54 Å². The highest BCUT2D eigenvalue weighted by molar-refractivity contribution is 6.42. The van der Waals surface area contributed by atoms with Gasteiger partial charge in [0.15, 0.2) is 0 Å². The lowest BCUT2D eigenvalue weighted by atomic mass is 10.2. The molecule has 128 valence electrons. The Morgan fingerprint density at radius 1 is 1.33 bits per heavy atom. The van der Waals surface area contributed by atoms with E-state index in [0.717, 1.165) is 29.2 Å². The molecule has 1 aliphatic heterocycles. The molecule has 4 N–H and O–H groups in total. The van der Waals surface area contributed by atoms with Gasteiger partial charge in [-0.05, 0) is 30.7 Å². The maximum Gasteiger partial charge on any atom is 0.326 e. The van der Waals surface area contributed by atoms with Crippen LogP contribution in [0.5, 0.6) is 0 Å². The Morgan fingerprint density at radius 3 is 2.96 bits per heavy atom. The number of aromatic nitrogens is 2.